The summed E-state index contributed by atoms with van der Waals surface area (Å²) in [7, 11) is 0. The number of aliphatic hydroxyl groups excluding tert-OH is 1. The molecule has 0 saturated carbocycles. The third-order valence-electron chi connectivity index (χ3n) is 5.89. The minimum absolute atomic E-state index is 0.0337. The lowest BCUT2D eigenvalue weighted by Gasteiger charge is -2.14. The quantitative estimate of drug-likeness (QED) is 0.278. The molecule has 8 nitrogen and oxygen atoms in total. The van der Waals surface area contributed by atoms with Gasteiger partial charge in [-0.15, -0.1) is 0 Å². The van der Waals surface area contributed by atoms with Crippen LogP contribution in [0.25, 0.3) is 10.9 Å². The number of carbonyl (C=O) groups excluding carboxylic acids is 2. The van der Waals surface area contributed by atoms with Crippen LogP contribution in [0, 0.1) is 5.82 Å². The monoisotopic (exact) mass is 502 g/mol. The highest BCUT2D eigenvalue weighted by Crippen LogP contribution is 2.29. The largest absolute Gasteiger partial charge is 0.504 e. The van der Waals surface area contributed by atoms with Crippen molar-refractivity contribution in [1.29, 1.82) is 0 Å². The number of fused-ring (bicyclic) bond motifs is 1. The van der Waals surface area contributed by atoms with Crippen LogP contribution >= 0.6 is 0 Å². The van der Waals surface area contributed by atoms with Gasteiger partial charge in [0.1, 0.15) is 17.0 Å². The summed E-state index contributed by atoms with van der Waals surface area (Å²) in [5.74, 6) is -2.09. The molecule has 0 aliphatic heterocycles. The molecule has 4 rings (SSSR count). The first-order chi connectivity index (χ1) is 17.9. The van der Waals surface area contributed by atoms with Crippen LogP contribution in [0.3, 0.4) is 0 Å². The lowest BCUT2D eigenvalue weighted by atomic mass is 10.0. The third kappa shape index (κ3) is 6.25. The molecule has 0 aliphatic rings. The van der Waals surface area contributed by atoms with Crippen molar-refractivity contribution in [3.8, 4) is 5.75 Å². The number of pyridine rings is 2. The molecule has 37 heavy (non-hydrogen) atoms. The van der Waals surface area contributed by atoms with Gasteiger partial charge in [-0.2, -0.15) is 0 Å². The van der Waals surface area contributed by atoms with Crippen molar-refractivity contribution >= 4 is 22.7 Å². The third-order valence-corrected chi connectivity index (χ3v) is 5.89. The van der Waals surface area contributed by atoms with E-state index in [9.17, 15) is 24.2 Å². The second-order valence-electron chi connectivity index (χ2n) is 8.64. The molecule has 0 aliphatic carbocycles. The van der Waals surface area contributed by atoms with Crippen molar-refractivity contribution in [2.75, 3.05) is 6.54 Å². The normalized spacial score (nSPS) is 11.8. The Morgan fingerprint density at radius 1 is 0.946 bits per heavy atom. The number of amides is 2. The molecule has 2 amide bonds. The van der Waals surface area contributed by atoms with Gasteiger partial charge >= 0.3 is 0 Å². The minimum atomic E-state index is -0.757. The molecule has 4 aromatic rings. The van der Waals surface area contributed by atoms with Crippen molar-refractivity contribution in [3.05, 3.63) is 101 Å². The molecule has 2 heterocycles. The SMILES string of the molecule is CCC(O)CNC(=O)c1nc(C(=O)NCc2ccccc2)c2cc(Cc3ccc(F)cc3)cnc2c1O. The van der Waals surface area contributed by atoms with Crippen molar-refractivity contribution in [3.63, 3.8) is 0 Å². The molecular weight excluding hydrogens is 475 g/mol. The fourth-order valence-corrected chi connectivity index (χ4v) is 3.78. The van der Waals surface area contributed by atoms with E-state index >= 15 is 0 Å². The van der Waals surface area contributed by atoms with Gasteiger partial charge in [0.2, 0.25) is 0 Å². The first kappa shape index (κ1) is 25.7. The standard InChI is InChI=1S/C28H27FN4O4/c1-2-21(34)16-32-28(37)25-26(35)23-22(13-19(15-30-23)12-17-8-10-20(29)11-9-17)24(33-25)27(36)31-14-18-6-4-3-5-7-18/h3-11,13,15,21,34-35H,2,12,14,16H2,1H3,(H,31,36)(H,32,37). The van der Waals surface area contributed by atoms with Gasteiger partial charge in [-0.1, -0.05) is 49.4 Å². The van der Waals surface area contributed by atoms with Gasteiger partial charge in [0.15, 0.2) is 11.4 Å². The number of aliphatic hydroxyl groups is 1. The molecule has 0 fully saturated rings. The minimum Gasteiger partial charge on any atom is -0.504 e. The van der Waals surface area contributed by atoms with E-state index in [-0.39, 0.29) is 41.2 Å². The second kappa shape index (κ2) is 11.6. The average Bonchev–Trinajstić information content (AvgIpc) is 2.92. The van der Waals surface area contributed by atoms with E-state index in [0.29, 0.717) is 18.4 Å². The van der Waals surface area contributed by atoms with Crippen LogP contribution in [0.15, 0.2) is 66.9 Å². The van der Waals surface area contributed by atoms with Crippen LogP contribution in [-0.2, 0) is 13.0 Å². The Kier molecular flexibility index (Phi) is 8.05. The van der Waals surface area contributed by atoms with E-state index in [1.807, 2.05) is 30.3 Å². The summed E-state index contributed by atoms with van der Waals surface area (Å²) in [6.07, 6.45) is 1.61. The second-order valence-corrected chi connectivity index (χ2v) is 8.64. The Morgan fingerprint density at radius 2 is 1.65 bits per heavy atom. The highest BCUT2D eigenvalue weighted by molar-refractivity contribution is 6.09. The number of benzene rings is 2. The van der Waals surface area contributed by atoms with Crippen molar-refractivity contribution in [1.82, 2.24) is 20.6 Å². The van der Waals surface area contributed by atoms with Crippen LogP contribution in [-0.4, -0.2) is 44.6 Å². The predicted octanol–water partition coefficient (Wildman–Crippen LogP) is 3.50. The zero-order valence-corrected chi connectivity index (χ0v) is 20.2. The Labute approximate surface area is 213 Å². The van der Waals surface area contributed by atoms with E-state index in [1.54, 1.807) is 25.1 Å². The lowest BCUT2D eigenvalue weighted by molar-refractivity contribution is 0.0905. The molecule has 1 atom stereocenters. The van der Waals surface area contributed by atoms with Crippen LogP contribution in [0.2, 0.25) is 0 Å². The molecule has 0 bridgehead atoms. The highest BCUT2D eigenvalue weighted by Gasteiger charge is 2.24. The number of nitrogens with zero attached hydrogens (tertiary/aromatic N) is 2. The molecule has 2 aromatic heterocycles. The highest BCUT2D eigenvalue weighted by atomic mass is 19.1. The molecule has 1 unspecified atom stereocenters. The molecule has 190 valence electrons. The first-order valence-electron chi connectivity index (χ1n) is 11.9. The van der Waals surface area contributed by atoms with Gasteiger partial charge in [-0.05, 0) is 47.7 Å². The summed E-state index contributed by atoms with van der Waals surface area (Å²) in [6, 6.07) is 17.0. The zero-order chi connectivity index (χ0) is 26.4. The summed E-state index contributed by atoms with van der Waals surface area (Å²) in [5, 5.41) is 26.2. The average molecular weight is 503 g/mol. The Balaban J connectivity index is 1.72. The Bertz CT molecular complexity index is 1410. The Morgan fingerprint density at radius 3 is 2.35 bits per heavy atom. The smallest absolute Gasteiger partial charge is 0.273 e. The van der Waals surface area contributed by atoms with Crippen LogP contribution in [0.1, 0.15) is 51.0 Å². The van der Waals surface area contributed by atoms with Crippen LogP contribution < -0.4 is 10.6 Å². The fourth-order valence-electron chi connectivity index (χ4n) is 3.78. The summed E-state index contributed by atoms with van der Waals surface area (Å²) in [6.45, 7) is 1.97. The molecule has 9 heteroatoms. The molecule has 0 spiro atoms. The van der Waals surface area contributed by atoms with Gasteiger partial charge in [0, 0.05) is 24.7 Å². The number of halogens is 1. The van der Waals surface area contributed by atoms with Crippen molar-refractivity contribution in [2.45, 2.75) is 32.4 Å². The van der Waals surface area contributed by atoms with Gasteiger partial charge in [-0.3, -0.25) is 14.6 Å². The van der Waals surface area contributed by atoms with Gasteiger partial charge in [0.05, 0.1) is 6.10 Å². The maximum atomic E-state index is 13.3. The zero-order valence-electron chi connectivity index (χ0n) is 20.2. The van der Waals surface area contributed by atoms with E-state index in [4.69, 9.17) is 0 Å². The summed E-state index contributed by atoms with van der Waals surface area (Å²) >= 11 is 0. The van der Waals surface area contributed by atoms with E-state index in [0.717, 1.165) is 11.1 Å². The topological polar surface area (TPSA) is 124 Å². The molecular formula is C28H27FN4O4. The van der Waals surface area contributed by atoms with E-state index < -0.39 is 23.7 Å². The van der Waals surface area contributed by atoms with Crippen LogP contribution in [0.5, 0.6) is 5.75 Å². The van der Waals surface area contributed by atoms with E-state index in [2.05, 4.69) is 20.6 Å². The van der Waals surface area contributed by atoms with Gasteiger partial charge < -0.3 is 20.8 Å². The summed E-state index contributed by atoms with van der Waals surface area (Å²) in [4.78, 5) is 34.6. The number of hydrogen-bond acceptors (Lipinski definition) is 6. The number of aromatic hydroxyl groups is 1. The number of aromatic nitrogens is 2. The molecule has 0 radical (unpaired) electrons. The summed E-state index contributed by atoms with van der Waals surface area (Å²) < 4.78 is 13.3. The fraction of sp³-hybridized carbons (Fsp3) is 0.214. The number of rotatable bonds is 9. The Hall–Kier alpha value is -4.37. The summed E-state index contributed by atoms with van der Waals surface area (Å²) in [5.41, 5.74) is 2.03. The van der Waals surface area contributed by atoms with Gasteiger partial charge in [-0.25, -0.2) is 9.37 Å². The van der Waals surface area contributed by atoms with Crippen LogP contribution in [0.4, 0.5) is 4.39 Å². The number of carbonyl (C=O) groups is 2. The maximum Gasteiger partial charge on any atom is 0.273 e. The van der Waals surface area contributed by atoms with E-state index in [1.165, 1.54) is 18.3 Å². The van der Waals surface area contributed by atoms with Gasteiger partial charge in [0.25, 0.3) is 11.8 Å². The van der Waals surface area contributed by atoms with Crippen molar-refractivity contribution in [2.24, 2.45) is 0 Å². The molecule has 2 aromatic carbocycles. The lowest BCUT2D eigenvalue weighted by Crippen LogP contribution is -2.33. The molecule has 0 saturated heterocycles. The van der Waals surface area contributed by atoms with Crippen molar-refractivity contribution < 1.29 is 24.2 Å². The predicted molar refractivity (Wildman–Crippen MR) is 137 cm³/mol. The first-order valence-corrected chi connectivity index (χ1v) is 11.9. The number of nitrogens with one attached hydrogen (secondary N) is 2. The molecule has 4 N–H and O–H groups in total. The number of hydrogen-bond donors (Lipinski definition) is 4. The maximum absolute atomic E-state index is 13.3.